The molecule has 88 valence electrons. The first-order chi connectivity index (χ1) is 7.66. The normalized spacial score (nSPS) is 24.3. The van der Waals surface area contributed by atoms with Gasteiger partial charge in [0.2, 0.25) is 0 Å². The summed E-state index contributed by atoms with van der Waals surface area (Å²) in [6.45, 7) is 4.25. The third kappa shape index (κ3) is 1.98. The van der Waals surface area contributed by atoms with Crippen molar-refractivity contribution >= 4 is 0 Å². The van der Waals surface area contributed by atoms with Gasteiger partial charge in [0.15, 0.2) is 0 Å². The molecule has 3 heteroatoms. The molecule has 16 heavy (non-hydrogen) atoms. The molecule has 0 bridgehead atoms. The molecular weight excluding hydrogens is 200 g/mol. The number of hydrogen-bond donors (Lipinski definition) is 3. The van der Waals surface area contributed by atoms with Gasteiger partial charge in [-0.1, -0.05) is 24.3 Å². The number of benzene rings is 1. The van der Waals surface area contributed by atoms with Gasteiger partial charge in [-0.25, -0.2) is 0 Å². The molecule has 0 spiro atoms. The fourth-order valence-electron chi connectivity index (χ4n) is 2.55. The number of aliphatic hydroxyl groups is 1. The molecule has 4 N–H and O–H groups in total. The van der Waals surface area contributed by atoms with E-state index in [1.54, 1.807) is 0 Å². The van der Waals surface area contributed by atoms with Crippen molar-refractivity contribution in [2.75, 3.05) is 13.1 Å². The highest BCUT2D eigenvalue weighted by molar-refractivity contribution is 5.32. The van der Waals surface area contributed by atoms with Gasteiger partial charge in [0.25, 0.3) is 0 Å². The van der Waals surface area contributed by atoms with Crippen LogP contribution in [-0.4, -0.2) is 18.2 Å². The van der Waals surface area contributed by atoms with E-state index in [0.29, 0.717) is 6.54 Å². The van der Waals surface area contributed by atoms with Crippen LogP contribution in [0.5, 0.6) is 0 Å². The van der Waals surface area contributed by atoms with Crippen LogP contribution in [0.2, 0.25) is 0 Å². The second-order valence-corrected chi connectivity index (χ2v) is 4.70. The van der Waals surface area contributed by atoms with E-state index in [0.717, 1.165) is 30.6 Å². The van der Waals surface area contributed by atoms with Crippen LogP contribution in [0.15, 0.2) is 24.3 Å². The molecule has 0 radical (unpaired) electrons. The first-order valence-electron chi connectivity index (χ1n) is 5.88. The number of nitrogens with two attached hydrogens (primary N) is 1. The van der Waals surface area contributed by atoms with Crippen LogP contribution in [0.1, 0.15) is 24.5 Å². The zero-order valence-electron chi connectivity index (χ0n) is 9.74. The molecule has 0 saturated carbocycles. The molecule has 1 aromatic carbocycles. The van der Waals surface area contributed by atoms with E-state index in [9.17, 15) is 5.11 Å². The van der Waals surface area contributed by atoms with Gasteiger partial charge in [-0.3, -0.25) is 0 Å². The van der Waals surface area contributed by atoms with E-state index in [4.69, 9.17) is 5.73 Å². The van der Waals surface area contributed by atoms with Gasteiger partial charge in [-0.15, -0.1) is 0 Å². The summed E-state index contributed by atoms with van der Waals surface area (Å²) in [6, 6.07) is 7.91. The van der Waals surface area contributed by atoms with Gasteiger partial charge in [-0.05, 0) is 31.0 Å². The number of rotatable bonds is 3. The van der Waals surface area contributed by atoms with E-state index in [1.165, 1.54) is 0 Å². The third-order valence-electron chi connectivity index (χ3n) is 3.64. The molecule has 1 saturated heterocycles. The maximum Gasteiger partial charge on any atom is 0.0912 e. The van der Waals surface area contributed by atoms with Gasteiger partial charge >= 0.3 is 0 Å². The van der Waals surface area contributed by atoms with E-state index in [2.05, 4.69) is 5.32 Å². The first kappa shape index (κ1) is 11.6. The van der Waals surface area contributed by atoms with Crippen LogP contribution in [0, 0.1) is 5.92 Å². The van der Waals surface area contributed by atoms with Gasteiger partial charge in [-0.2, -0.15) is 0 Å². The molecular formula is C13H20N2O. The third-order valence-corrected chi connectivity index (χ3v) is 3.64. The molecule has 0 aromatic heterocycles. The Labute approximate surface area is 96.7 Å². The summed E-state index contributed by atoms with van der Waals surface area (Å²) in [7, 11) is 0. The minimum atomic E-state index is -0.778. The van der Waals surface area contributed by atoms with Crippen LogP contribution in [0.3, 0.4) is 0 Å². The van der Waals surface area contributed by atoms with Crippen molar-refractivity contribution in [1.29, 1.82) is 0 Å². The van der Waals surface area contributed by atoms with Crippen molar-refractivity contribution in [2.45, 2.75) is 25.5 Å². The Morgan fingerprint density at radius 2 is 2.25 bits per heavy atom. The Hall–Kier alpha value is -0.900. The summed E-state index contributed by atoms with van der Waals surface area (Å²) in [5, 5.41) is 14.0. The fraction of sp³-hybridized carbons (Fsp3) is 0.538. The Morgan fingerprint density at radius 1 is 1.50 bits per heavy atom. The largest absolute Gasteiger partial charge is 0.385 e. The van der Waals surface area contributed by atoms with E-state index < -0.39 is 5.60 Å². The lowest BCUT2D eigenvalue weighted by molar-refractivity contribution is 0.00138. The Kier molecular flexibility index (Phi) is 3.28. The predicted molar refractivity (Wildman–Crippen MR) is 64.9 cm³/mol. The van der Waals surface area contributed by atoms with Crippen molar-refractivity contribution in [1.82, 2.24) is 5.32 Å². The van der Waals surface area contributed by atoms with Crippen LogP contribution in [-0.2, 0) is 12.1 Å². The lowest BCUT2D eigenvalue weighted by Crippen LogP contribution is -2.34. The molecule has 1 fully saturated rings. The topological polar surface area (TPSA) is 58.3 Å². The van der Waals surface area contributed by atoms with Crippen LogP contribution >= 0.6 is 0 Å². The fourth-order valence-corrected chi connectivity index (χ4v) is 2.55. The summed E-state index contributed by atoms with van der Waals surface area (Å²) in [4.78, 5) is 0. The predicted octanol–water partition coefficient (Wildman–Crippen LogP) is 0.962. The quantitative estimate of drug-likeness (QED) is 0.711. The lowest BCUT2D eigenvalue weighted by atomic mass is 9.80. The summed E-state index contributed by atoms with van der Waals surface area (Å²) < 4.78 is 0. The standard InChI is InChI=1S/C13H20N2O/c1-13(16,11-6-7-15-9-11)12-5-3-2-4-10(12)8-14/h2-5,11,15-16H,6-9,14H2,1H3. The van der Waals surface area contributed by atoms with E-state index in [1.807, 2.05) is 31.2 Å². The van der Waals surface area contributed by atoms with Crippen molar-refractivity contribution in [3.8, 4) is 0 Å². The number of hydrogen-bond acceptors (Lipinski definition) is 3. The van der Waals surface area contributed by atoms with Crippen molar-refractivity contribution in [2.24, 2.45) is 11.7 Å². The zero-order chi connectivity index (χ0) is 11.6. The van der Waals surface area contributed by atoms with Gasteiger partial charge < -0.3 is 16.2 Å². The molecule has 2 atom stereocenters. The molecule has 3 nitrogen and oxygen atoms in total. The van der Waals surface area contributed by atoms with Crippen molar-refractivity contribution < 1.29 is 5.11 Å². The average molecular weight is 220 g/mol. The summed E-state index contributed by atoms with van der Waals surface area (Å²) in [6.07, 6.45) is 1.02. The van der Waals surface area contributed by atoms with E-state index >= 15 is 0 Å². The molecule has 2 unspecified atom stereocenters. The monoisotopic (exact) mass is 220 g/mol. The molecule has 1 heterocycles. The zero-order valence-corrected chi connectivity index (χ0v) is 9.74. The molecule has 1 aromatic rings. The second-order valence-electron chi connectivity index (χ2n) is 4.70. The summed E-state index contributed by atoms with van der Waals surface area (Å²) >= 11 is 0. The first-order valence-corrected chi connectivity index (χ1v) is 5.88. The average Bonchev–Trinajstić information content (AvgIpc) is 2.83. The minimum Gasteiger partial charge on any atom is -0.385 e. The molecule has 0 aliphatic carbocycles. The van der Waals surface area contributed by atoms with Crippen molar-refractivity contribution in [3.05, 3.63) is 35.4 Å². The summed E-state index contributed by atoms with van der Waals surface area (Å²) in [5.74, 6) is 0.278. The Balaban J connectivity index is 2.33. The SMILES string of the molecule is CC(O)(c1ccccc1CN)C1CCNC1. The van der Waals surface area contributed by atoms with Gasteiger partial charge in [0.05, 0.1) is 5.60 Å². The highest BCUT2D eigenvalue weighted by Gasteiger charge is 2.36. The minimum absolute atomic E-state index is 0.278. The molecule has 0 amide bonds. The lowest BCUT2D eigenvalue weighted by Gasteiger charge is -2.31. The Bertz CT molecular complexity index is 357. The van der Waals surface area contributed by atoms with Crippen LogP contribution in [0.4, 0.5) is 0 Å². The molecule has 1 aliphatic rings. The van der Waals surface area contributed by atoms with Crippen LogP contribution in [0.25, 0.3) is 0 Å². The second kappa shape index (κ2) is 4.53. The van der Waals surface area contributed by atoms with Gasteiger partial charge in [0.1, 0.15) is 0 Å². The maximum atomic E-state index is 10.7. The maximum absolute atomic E-state index is 10.7. The smallest absolute Gasteiger partial charge is 0.0912 e. The summed E-state index contributed by atoms with van der Waals surface area (Å²) in [5.41, 5.74) is 6.96. The Morgan fingerprint density at radius 3 is 2.88 bits per heavy atom. The highest BCUT2D eigenvalue weighted by atomic mass is 16.3. The van der Waals surface area contributed by atoms with Gasteiger partial charge in [0, 0.05) is 19.0 Å². The van der Waals surface area contributed by atoms with E-state index in [-0.39, 0.29) is 5.92 Å². The van der Waals surface area contributed by atoms with Crippen LogP contribution < -0.4 is 11.1 Å². The molecule has 1 aliphatic heterocycles. The highest BCUT2D eigenvalue weighted by Crippen LogP contribution is 2.34. The van der Waals surface area contributed by atoms with Crippen molar-refractivity contribution in [3.63, 3.8) is 0 Å². The molecule has 2 rings (SSSR count). The number of nitrogens with one attached hydrogen (secondary N) is 1.